The predicted molar refractivity (Wildman–Crippen MR) is 90.5 cm³/mol. The zero-order chi connectivity index (χ0) is 15.2. The van der Waals surface area contributed by atoms with Gasteiger partial charge in [0, 0.05) is 4.47 Å². The van der Waals surface area contributed by atoms with Crippen molar-refractivity contribution < 1.29 is 4.74 Å². The van der Waals surface area contributed by atoms with Crippen LogP contribution in [-0.2, 0) is 6.42 Å². The first-order chi connectivity index (χ1) is 9.38. The Kier molecular flexibility index (Phi) is 7.04. The Labute approximate surface area is 132 Å². The second-order valence-corrected chi connectivity index (χ2v) is 7.34. The highest BCUT2D eigenvalue weighted by Crippen LogP contribution is 2.32. The maximum absolute atomic E-state index is 5.50. The van der Waals surface area contributed by atoms with E-state index >= 15 is 0 Å². The van der Waals surface area contributed by atoms with Gasteiger partial charge < -0.3 is 10.1 Å². The van der Waals surface area contributed by atoms with Crippen molar-refractivity contribution in [2.24, 2.45) is 11.3 Å². The van der Waals surface area contributed by atoms with E-state index in [4.69, 9.17) is 4.74 Å². The fraction of sp³-hybridized carbons (Fsp3) is 0.647. The lowest BCUT2D eigenvalue weighted by atomic mass is 9.77. The monoisotopic (exact) mass is 341 g/mol. The van der Waals surface area contributed by atoms with Crippen molar-refractivity contribution in [3.8, 4) is 5.75 Å². The largest absolute Gasteiger partial charge is 0.496 e. The van der Waals surface area contributed by atoms with Crippen LogP contribution < -0.4 is 10.1 Å². The van der Waals surface area contributed by atoms with Gasteiger partial charge in [-0.05, 0) is 61.0 Å². The molecule has 2 nitrogen and oxygen atoms in total. The highest BCUT2D eigenvalue weighted by atomic mass is 79.9. The molecule has 0 aliphatic rings. The van der Waals surface area contributed by atoms with E-state index in [2.05, 4.69) is 55.0 Å². The number of rotatable bonds is 7. The third kappa shape index (κ3) is 5.45. The first kappa shape index (κ1) is 17.5. The first-order valence-electron chi connectivity index (χ1n) is 7.41. The molecule has 1 rings (SSSR count). The summed E-state index contributed by atoms with van der Waals surface area (Å²) in [5, 5.41) is 3.56. The third-order valence-corrected chi connectivity index (χ3v) is 4.24. The van der Waals surface area contributed by atoms with Gasteiger partial charge in [-0.15, -0.1) is 0 Å². The Hall–Kier alpha value is -0.540. The maximum atomic E-state index is 5.50. The molecule has 1 aromatic carbocycles. The molecular formula is C17H28BrNO. The minimum Gasteiger partial charge on any atom is -0.496 e. The lowest BCUT2D eigenvalue weighted by Crippen LogP contribution is -2.33. The van der Waals surface area contributed by atoms with E-state index in [-0.39, 0.29) is 5.41 Å². The molecule has 0 aliphatic heterocycles. The molecule has 114 valence electrons. The Morgan fingerprint density at radius 1 is 1.30 bits per heavy atom. The van der Waals surface area contributed by atoms with Crippen molar-refractivity contribution in [1.29, 1.82) is 0 Å². The number of benzene rings is 1. The average Bonchev–Trinajstić information content (AvgIpc) is 2.37. The third-order valence-electron chi connectivity index (χ3n) is 3.75. The summed E-state index contributed by atoms with van der Waals surface area (Å²) in [4.78, 5) is 0. The molecule has 1 unspecified atom stereocenters. The van der Waals surface area contributed by atoms with Crippen molar-refractivity contribution in [3.63, 3.8) is 0 Å². The number of ether oxygens (including phenoxy) is 1. The number of halogens is 1. The van der Waals surface area contributed by atoms with Crippen molar-refractivity contribution in [3.05, 3.63) is 28.2 Å². The Morgan fingerprint density at radius 3 is 2.55 bits per heavy atom. The van der Waals surface area contributed by atoms with E-state index in [0.29, 0.717) is 5.92 Å². The van der Waals surface area contributed by atoms with Crippen molar-refractivity contribution in [1.82, 2.24) is 5.32 Å². The molecule has 20 heavy (non-hydrogen) atoms. The molecule has 0 spiro atoms. The van der Waals surface area contributed by atoms with Crippen LogP contribution in [0.25, 0.3) is 0 Å². The highest BCUT2D eigenvalue weighted by molar-refractivity contribution is 9.10. The fourth-order valence-corrected chi connectivity index (χ4v) is 2.72. The van der Waals surface area contributed by atoms with Gasteiger partial charge in [0.1, 0.15) is 5.75 Å². The van der Waals surface area contributed by atoms with E-state index < -0.39 is 0 Å². The number of methoxy groups -OCH3 is 1. The van der Waals surface area contributed by atoms with Crippen molar-refractivity contribution in [2.45, 2.75) is 40.5 Å². The zero-order valence-corrected chi connectivity index (χ0v) is 15.0. The number of nitrogens with one attached hydrogen (secondary N) is 1. The first-order valence-corrected chi connectivity index (χ1v) is 8.21. The smallest absolute Gasteiger partial charge is 0.122 e. The SMILES string of the molecule is CCCNCC(Cc1cc(Br)ccc1OC)C(C)(C)C. The second-order valence-electron chi connectivity index (χ2n) is 6.43. The van der Waals surface area contributed by atoms with E-state index in [1.165, 1.54) is 12.0 Å². The van der Waals surface area contributed by atoms with Crippen LogP contribution in [0, 0.1) is 11.3 Å². The summed E-state index contributed by atoms with van der Waals surface area (Å²) < 4.78 is 6.61. The number of hydrogen-bond acceptors (Lipinski definition) is 2. The van der Waals surface area contributed by atoms with E-state index in [1.54, 1.807) is 7.11 Å². The standard InChI is InChI=1S/C17H28BrNO/c1-6-9-19-12-14(17(2,3)4)10-13-11-15(18)7-8-16(13)20-5/h7-8,11,14,19H,6,9-10,12H2,1-5H3. The van der Waals surface area contributed by atoms with Crippen LogP contribution in [0.15, 0.2) is 22.7 Å². The molecular weight excluding hydrogens is 314 g/mol. The minimum absolute atomic E-state index is 0.272. The summed E-state index contributed by atoms with van der Waals surface area (Å²) in [5.41, 5.74) is 1.55. The molecule has 0 aromatic heterocycles. The quantitative estimate of drug-likeness (QED) is 0.728. The maximum Gasteiger partial charge on any atom is 0.122 e. The molecule has 0 fully saturated rings. The predicted octanol–water partition coefficient (Wildman–Crippen LogP) is 4.66. The molecule has 1 atom stereocenters. The molecule has 1 aromatic rings. The summed E-state index contributed by atoms with van der Waals surface area (Å²) >= 11 is 3.56. The Balaban J connectivity index is 2.86. The normalized spacial score (nSPS) is 13.3. The lowest BCUT2D eigenvalue weighted by molar-refractivity contribution is 0.229. The van der Waals surface area contributed by atoms with Crippen LogP contribution in [0.1, 0.15) is 39.7 Å². The van der Waals surface area contributed by atoms with Gasteiger partial charge in [0.2, 0.25) is 0 Å². The average molecular weight is 342 g/mol. The highest BCUT2D eigenvalue weighted by Gasteiger charge is 2.25. The van der Waals surface area contributed by atoms with Crippen LogP contribution in [-0.4, -0.2) is 20.2 Å². The van der Waals surface area contributed by atoms with Crippen LogP contribution in [0.3, 0.4) is 0 Å². The summed E-state index contributed by atoms with van der Waals surface area (Å²) in [5.74, 6) is 1.56. The van der Waals surface area contributed by atoms with Crippen molar-refractivity contribution >= 4 is 15.9 Å². The van der Waals surface area contributed by atoms with Gasteiger partial charge in [0.05, 0.1) is 7.11 Å². The van der Waals surface area contributed by atoms with Gasteiger partial charge in [-0.2, -0.15) is 0 Å². The molecule has 3 heteroatoms. The summed E-state index contributed by atoms with van der Waals surface area (Å²) in [6.07, 6.45) is 2.21. The lowest BCUT2D eigenvalue weighted by Gasteiger charge is -2.31. The molecule has 0 amide bonds. The molecule has 0 bridgehead atoms. The topological polar surface area (TPSA) is 21.3 Å². The van der Waals surface area contributed by atoms with Gasteiger partial charge in [-0.1, -0.05) is 43.6 Å². The fourth-order valence-electron chi connectivity index (χ4n) is 2.31. The number of hydrogen-bond donors (Lipinski definition) is 1. The molecule has 0 saturated carbocycles. The van der Waals surface area contributed by atoms with Crippen LogP contribution in [0.5, 0.6) is 5.75 Å². The van der Waals surface area contributed by atoms with Crippen LogP contribution in [0.2, 0.25) is 0 Å². The molecule has 1 N–H and O–H groups in total. The summed E-state index contributed by atoms with van der Waals surface area (Å²) in [6.45, 7) is 11.3. The molecule has 0 heterocycles. The Bertz CT molecular complexity index is 412. The molecule has 0 radical (unpaired) electrons. The van der Waals surface area contributed by atoms with E-state index in [9.17, 15) is 0 Å². The zero-order valence-electron chi connectivity index (χ0n) is 13.4. The second kappa shape index (κ2) is 8.04. The minimum atomic E-state index is 0.272. The van der Waals surface area contributed by atoms with Crippen LogP contribution >= 0.6 is 15.9 Å². The van der Waals surface area contributed by atoms with E-state index in [0.717, 1.165) is 29.7 Å². The van der Waals surface area contributed by atoms with Gasteiger partial charge in [0.15, 0.2) is 0 Å². The van der Waals surface area contributed by atoms with E-state index in [1.807, 2.05) is 12.1 Å². The van der Waals surface area contributed by atoms with Gasteiger partial charge in [0.25, 0.3) is 0 Å². The van der Waals surface area contributed by atoms with Crippen molar-refractivity contribution in [2.75, 3.05) is 20.2 Å². The van der Waals surface area contributed by atoms with Crippen LogP contribution in [0.4, 0.5) is 0 Å². The molecule has 0 aliphatic carbocycles. The van der Waals surface area contributed by atoms with Gasteiger partial charge in [-0.25, -0.2) is 0 Å². The molecule has 0 saturated heterocycles. The Morgan fingerprint density at radius 2 is 2.00 bits per heavy atom. The summed E-state index contributed by atoms with van der Waals surface area (Å²) in [7, 11) is 1.74. The van der Waals surface area contributed by atoms with Gasteiger partial charge >= 0.3 is 0 Å². The summed E-state index contributed by atoms with van der Waals surface area (Å²) in [6, 6.07) is 6.25. The van der Waals surface area contributed by atoms with Gasteiger partial charge in [-0.3, -0.25) is 0 Å².